The Bertz CT molecular complexity index is 601. The number of carbonyl (C=O) groups is 1. The molecule has 1 radical (unpaired) electrons. The number of hydrogen-bond donors (Lipinski definition) is 1. The van der Waals surface area contributed by atoms with Gasteiger partial charge in [-0.1, -0.05) is 17.7 Å². The summed E-state index contributed by atoms with van der Waals surface area (Å²) in [5.74, 6) is -1.71. The molecule has 91 valence electrons. The van der Waals surface area contributed by atoms with Crippen molar-refractivity contribution in [1.29, 1.82) is 0 Å². The van der Waals surface area contributed by atoms with Gasteiger partial charge in [0, 0.05) is 17.3 Å². The predicted molar refractivity (Wildman–Crippen MR) is 64.6 cm³/mol. The van der Waals surface area contributed by atoms with E-state index in [9.17, 15) is 13.6 Å². The Labute approximate surface area is 107 Å². The maximum absolute atomic E-state index is 12.9. The highest BCUT2D eigenvalue weighted by molar-refractivity contribution is 6.31. The lowest BCUT2D eigenvalue weighted by molar-refractivity contribution is 0.102. The summed E-state index contributed by atoms with van der Waals surface area (Å²) in [6.07, 6.45) is 0. The highest BCUT2D eigenvalue weighted by atomic mass is 35.5. The fraction of sp³-hybridized carbons (Fsp3) is 0. The minimum Gasteiger partial charge on any atom is -0.322 e. The maximum atomic E-state index is 12.9. The number of rotatable bonds is 2. The first-order chi connectivity index (χ1) is 8.56. The Kier molecular flexibility index (Phi) is 3.58. The standard InChI is InChI=1S/C13H7ClF2NO/c14-11-7-10(4-5-12(11)16)17-13(18)8-2-1-3-9(15)6-8/h1-2,4-7H,(H,17,18). The van der Waals surface area contributed by atoms with Crippen molar-refractivity contribution in [3.8, 4) is 0 Å². The average Bonchev–Trinajstić information content (AvgIpc) is 2.34. The summed E-state index contributed by atoms with van der Waals surface area (Å²) < 4.78 is 25.8. The average molecular weight is 267 g/mol. The number of anilines is 1. The van der Waals surface area contributed by atoms with Gasteiger partial charge in [0.1, 0.15) is 11.6 Å². The number of halogens is 3. The van der Waals surface area contributed by atoms with E-state index in [-0.39, 0.29) is 10.6 Å². The van der Waals surface area contributed by atoms with Crippen LogP contribution in [0.5, 0.6) is 0 Å². The molecule has 5 heteroatoms. The van der Waals surface area contributed by atoms with Gasteiger partial charge in [0.2, 0.25) is 0 Å². The zero-order chi connectivity index (χ0) is 13.1. The van der Waals surface area contributed by atoms with Crippen molar-refractivity contribution in [1.82, 2.24) is 0 Å². The third kappa shape index (κ3) is 2.84. The summed E-state index contributed by atoms with van der Waals surface area (Å²) in [5.41, 5.74) is 0.478. The minimum atomic E-state index is -0.625. The van der Waals surface area contributed by atoms with E-state index in [4.69, 9.17) is 11.6 Å². The molecule has 2 rings (SSSR count). The van der Waals surface area contributed by atoms with Gasteiger partial charge in [-0.15, -0.1) is 0 Å². The second-order valence-corrected chi connectivity index (χ2v) is 3.92. The van der Waals surface area contributed by atoms with E-state index >= 15 is 0 Å². The van der Waals surface area contributed by atoms with Gasteiger partial charge in [0.15, 0.2) is 0 Å². The first-order valence-electron chi connectivity index (χ1n) is 5.00. The van der Waals surface area contributed by atoms with Crippen molar-refractivity contribution in [2.45, 2.75) is 0 Å². The first kappa shape index (κ1) is 12.5. The molecule has 0 heterocycles. The molecule has 0 spiro atoms. The van der Waals surface area contributed by atoms with Crippen LogP contribution in [0.3, 0.4) is 0 Å². The lowest BCUT2D eigenvalue weighted by atomic mass is 10.2. The Morgan fingerprint density at radius 3 is 2.67 bits per heavy atom. The summed E-state index contributed by atoms with van der Waals surface area (Å²) >= 11 is 5.58. The summed E-state index contributed by atoms with van der Waals surface area (Å²) in [6, 6.07) is 9.85. The molecule has 0 saturated carbocycles. The molecule has 2 nitrogen and oxygen atoms in total. The van der Waals surface area contributed by atoms with E-state index in [2.05, 4.69) is 11.4 Å². The molecule has 1 N–H and O–H groups in total. The molecule has 0 aliphatic rings. The van der Waals surface area contributed by atoms with Gasteiger partial charge in [-0.25, -0.2) is 8.78 Å². The van der Waals surface area contributed by atoms with Gasteiger partial charge >= 0.3 is 0 Å². The van der Waals surface area contributed by atoms with Gasteiger partial charge in [0.25, 0.3) is 5.91 Å². The molecule has 1 amide bonds. The van der Waals surface area contributed by atoms with E-state index < -0.39 is 17.5 Å². The summed E-state index contributed by atoms with van der Waals surface area (Å²) in [4.78, 5) is 11.7. The Hall–Kier alpha value is -1.94. The van der Waals surface area contributed by atoms with Crippen LogP contribution in [0.2, 0.25) is 5.02 Å². The monoisotopic (exact) mass is 266 g/mol. The molecular formula is C13H7ClF2NO. The van der Waals surface area contributed by atoms with Crippen LogP contribution < -0.4 is 5.32 Å². The molecule has 2 aromatic rings. The van der Waals surface area contributed by atoms with Crippen LogP contribution in [0.4, 0.5) is 14.5 Å². The zero-order valence-electron chi connectivity index (χ0n) is 9.01. The van der Waals surface area contributed by atoms with Crippen LogP contribution in [0, 0.1) is 17.7 Å². The first-order valence-corrected chi connectivity index (χ1v) is 5.38. The molecule has 0 saturated heterocycles. The predicted octanol–water partition coefficient (Wildman–Crippen LogP) is 3.67. The highest BCUT2D eigenvalue weighted by Gasteiger charge is 2.08. The maximum Gasteiger partial charge on any atom is 0.255 e. The van der Waals surface area contributed by atoms with E-state index in [0.29, 0.717) is 5.69 Å². The normalized spacial score (nSPS) is 10.2. The van der Waals surface area contributed by atoms with Crippen LogP contribution >= 0.6 is 11.6 Å². The lowest BCUT2D eigenvalue weighted by Crippen LogP contribution is -2.12. The largest absolute Gasteiger partial charge is 0.322 e. The lowest BCUT2D eigenvalue weighted by Gasteiger charge is -2.06. The second-order valence-electron chi connectivity index (χ2n) is 3.51. The molecule has 2 aromatic carbocycles. The van der Waals surface area contributed by atoms with Crippen LogP contribution in [0.15, 0.2) is 36.4 Å². The molecule has 0 aromatic heterocycles. The molecule has 0 atom stereocenters. The molecular weight excluding hydrogens is 260 g/mol. The molecule has 0 bridgehead atoms. The van der Waals surface area contributed by atoms with Gasteiger partial charge < -0.3 is 5.32 Å². The third-order valence-electron chi connectivity index (χ3n) is 2.21. The Balaban J connectivity index is 2.18. The molecule has 0 aliphatic carbocycles. The topological polar surface area (TPSA) is 29.1 Å². The fourth-order valence-electron chi connectivity index (χ4n) is 1.36. The van der Waals surface area contributed by atoms with Crippen LogP contribution in [-0.4, -0.2) is 5.91 Å². The molecule has 0 fully saturated rings. The van der Waals surface area contributed by atoms with Crippen LogP contribution in [0.1, 0.15) is 10.4 Å². The summed E-state index contributed by atoms with van der Waals surface area (Å²) in [7, 11) is 0. The zero-order valence-corrected chi connectivity index (χ0v) is 9.76. The van der Waals surface area contributed by atoms with Crippen molar-refractivity contribution in [3.63, 3.8) is 0 Å². The quantitative estimate of drug-likeness (QED) is 0.883. The highest BCUT2D eigenvalue weighted by Crippen LogP contribution is 2.19. The smallest absolute Gasteiger partial charge is 0.255 e. The van der Waals surface area contributed by atoms with Crippen molar-refractivity contribution in [2.75, 3.05) is 5.32 Å². The second kappa shape index (κ2) is 5.14. The van der Waals surface area contributed by atoms with E-state index in [1.807, 2.05) is 0 Å². The number of benzene rings is 2. The number of hydrogen-bond acceptors (Lipinski definition) is 1. The SMILES string of the molecule is O=C(Nc1ccc(F)c(Cl)c1)c1cc[c]c(F)c1. The van der Waals surface area contributed by atoms with Crippen molar-refractivity contribution < 1.29 is 13.6 Å². The minimum absolute atomic E-state index is 0.0969. The number of amides is 1. The van der Waals surface area contributed by atoms with Crippen molar-refractivity contribution in [3.05, 3.63) is 64.7 Å². The van der Waals surface area contributed by atoms with Crippen LogP contribution in [0.25, 0.3) is 0 Å². The molecule has 18 heavy (non-hydrogen) atoms. The van der Waals surface area contributed by atoms with E-state index in [0.717, 1.165) is 12.1 Å². The Morgan fingerprint density at radius 2 is 2.00 bits per heavy atom. The third-order valence-corrected chi connectivity index (χ3v) is 2.50. The van der Waals surface area contributed by atoms with Gasteiger partial charge in [0.05, 0.1) is 5.02 Å². The van der Waals surface area contributed by atoms with Gasteiger partial charge in [-0.05, 0) is 30.3 Å². The van der Waals surface area contributed by atoms with Crippen molar-refractivity contribution >= 4 is 23.2 Å². The Morgan fingerprint density at radius 1 is 1.22 bits per heavy atom. The van der Waals surface area contributed by atoms with E-state index in [1.54, 1.807) is 0 Å². The summed E-state index contributed by atoms with van der Waals surface area (Å²) in [6.45, 7) is 0. The number of nitrogens with one attached hydrogen (secondary N) is 1. The number of carbonyl (C=O) groups excluding carboxylic acids is 1. The van der Waals surface area contributed by atoms with Crippen molar-refractivity contribution in [2.24, 2.45) is 0 Å². The molecule has 0 unspecified atom stereocenters. The van der Waals surface area contributed by atoms with Gasteiger partial charge in [-0.2, -0.15) is 0 Å². The fourth-order valence-corrected chi connectivity index (χ4v) is 1.54. The van der Waals surface area contributed by atoms with Crippen LogP contribution in [-0.2, 0) is 0 Å². The summed E-state index contributed by atoms with van der Waals surface area (Å²) in [5, 5.41) is 2.39. The van der Waals surface area contributed by atoms with Gasteiger partial charge in [-0.3, -0.25) is 4.79 Å². The van der Waals surface area contributed by atoms with E-state index in [1.165, 1.54) is 24.3 Å². The molecule has 0 aliphatic heterocycles.